The van der Waals surface area contributed by atoms with Gasteiger partial charge in [-0.3, -0.25) is 0 Å². The van der Waals surface area contributed by atoms with E-state index in [1.54, 1.807) is 19.1 Å². The van der Waals surface area contributed by atoms with Gasteiger partial charge in [-0.05, 0) is 25.1 Å². The number of fused-ring (bicyclic) bond motifs is 1. The largest absolute Gasteiger partial charge is 0.508 e. The molecule has 1 N–H and O–H groups in total. The van der Waals surface area contributed by atoms with E-state index in [0.717, 1.165) is 5.39 Å². The molecule has 15 heavy (non-hydrogen) atoms. The minimum atomic E-state index is -0.532. The number of hydrogen-bond acceptors (Lipinski definition) is 4. The standard InChI is InChI=1S/C11H10O4/c1-2-14-10-5-7-3-4-8(12)6-9(7)15-11(10)13/h3-6,12H,2H2,1H3. The van der Waals surface area contributed by atoms with Crippen LogP contribution in [0.4, 0.5) is 0 Å². The fourth-order valence-corrected chi connectivity index (χ4v) is 1.34. The summed E-state index contributed by atoms with van der Waals surface area (Å²) in [6, 6.07) is 6.19. The van der Waals surface area contributed by atoms with Gasteiger partial charge in [0.15, 0.2) is 0 Å². The van der Waals surface area contributed by atoms with Crippen molar-refractivity contribution in [2.45, 2.75) is 6.92 Å². The van der Waals surface area contributed by atoms with Crippen LogP contribution in [0.25, 0.3) is 11.0 Å². The maximum absolute atomic E-state index is 11.4. The Kier molecular flexibility index (Phi) is 2.33. The van der Waals surface area contributed by atoms with Gasteiger partial charge in [-0.25, -0.2) is 4.79 Å². The third-order valence-electron chi connectivity index (χ3n) is 1.99. The van der Waals surface area contributed by atoms with Crippen molar-refractivity contribution in [3.63, 3.8) is 0 Å². The highest BCUT2D eigenvalue weighted by atomic mass is 16.5. The third kappa shape index (κ3) is 1.79. The Bertz CT molecular complexity index is 542. The molecule has 0 spiro atoms. The predicted octanol–water partition coefficient (Wildman–Crippen LogP) is 1.90. The zero-order valence-corrected chi connectivity index (χ0v) is 8.19. The molecule has 1 heterocycles. The number of rotatable bonds is 2. The van der Waals surface area contributed by atoms with Gasteiger partial charge in [0.2, 0.25) is 5.75 Å². The number of aromatic hydroxyl groups is 1. The summed E-state index contributed by atoms with van der Waals surface area (Å²) in [5.74, 6) is 0.255. The van der Waals surface area contributed by atoms with Crippen LogP contribution in [-0.4, -0.2) is 11.7 Å². The third-order valence-corrected chi connectivity index (χ3v) is 1.99. The Morgan fingerprint density at radius 1 is 1.40 bits per heavy atom. The van der Waals surface area contributed by atoms with Crippen LogP contribution in [0, 0.1) is 0 Å². The van der Waals surface area contributed by atoms with Crippen LogP contribution in [0.15, 0.2) is 33.5 Å². The maximum Gasteiger partial charge on any atom is 0.379 e. The lowest BCUT2D eigenvalue weighted by molar-refractivity contribution is 0.322. The van der Waals surface area contributed by atoms with Crippen molar-refractivity contribution in [3.8, 4) is 11.5 Å². The second-order valence-electron chi connectivity index (χ2n) is 3.05. The van der Waals surface area contributed by atoms with Crippen molar-refractivity contribution in [1.29, 1.82) is 0 Å². The summed E-state index contributed by atoms with van der Waals surface area (Å²) >= 11 is 0. The van der Waals surface area contributed by atoms with Crippen molar-refractivity contribution in [1.82, 2.24) is 0 Å². The molecule has 0 atom stereocenters. The summed E-state index contributed by atoms with van der Waals surface area (Å²) in [6.07, 6.45) is 0. The van der Waals surface area contributed by atoms with Gasteiger partial charge in [-0.2, -0.15) is 0 Å². The van der Waals surface area contributed by atoms with E-state index in [-0.39, 0.29) is 11.5 Å². The lowest BCUT2D eigenvalue weighted by Gasteiger charge is -2.02. The van der Waals surface area contributed by atoms with E-state index < -0.39 is 5.63 Å². The highest BCUT2D eigenvalue weighted by Crippen LogP contribution is 2.21. The van der Waals surface area contributed by atoms with E-state index in [2.05, 4.69) is 0 Å². The number of benzene rings is 1. The second kappa shape index (κ2) is 3.65. The summed E-state index contributed by atoms with van der Waals surface area (Å²) in [6.45, 7) is 2.20. The molecule has 0 amide bonds. The molecule has 0 aliphatic heterocycles. The first-order valence-electron chi connectivity index (χ1n) is 4.60. The molecule has 0 radical (unpaired) electrons. The highest BCUT2D eigenvalue weighted by molar-refractivity contribution is 5.78. The van der Waals surface area contributed by atoms with Gasteiger partial charge in [0.1, 0.15) is 11.3 Å². The van der Waals surface area contributed by atoms with Crippen molar-refractivity contribution in [2.75, 3.05) is 6.61 Å². The summed E-state index contributed by atoms with van der Waals surface area (Å²) in [7, 11) is 0. The van der Waals surface area contributed by atoms with Gasteiger partial charge >= 0.3 is 5.63 Å². The lowest BCUT2D eigenvalue weighted by atomic mass is 10.2. The molecule has 1 aromatic carbocycles. The molecule has 0 aliphatic rings. The average molecular weight is 206 g/mol. The number of phenols is 1. The monoisotopic (exact) mass is 206 g/mol. The SMILES string of the molecule is CCOc1cc2ccc(O)cc2oc1=O. The van der Waals surface area contributed by atoms with Gasteiger partial charge in [0.05, 0.1) is 6.61 Å². The zero-order chi connectivity index (χ0) is 10.8. The molecule has 78 valence electrons. The Morgan fingerprint density at radius 3 is 2.93 bits per heavy atom. The molecule has 0 saturated carbocycles. The quantitative estimate of drug-likeness (QED) is 0.762. The van der Waals surface area contributed by atoms with Crippen molar-refractivity contribution in [3.05, 3.63) is 34.7 Å². The van der Waals surface area contributed by atoms with Gasteiger partial charge in [0, 0.05) is 11.5 Å². The number of ether oxygens (including phenoxy) is 1. The van der Waals surface area contributed by atoms with E-state index in [1.807, 2.05) is 0 Å². The molecule has 1 aromatic heterocycles. The molecule has 0 aliphatic carbocycles. The Labute approximate surface area is 85.7 Å². The Hall–Kier alpha value is -1.97. The summed E-state index contributed by atoms with van der Waals surface area (Å²) in [5.41, 5.74) is -0.182. The molecule has 4 nitrogen and oxygen atoms in total. The minimum Gasteiger partial charge on any atom is -0.508 e. The van der Waals surface area contributed by atoms with E-state index in [4.69, 9.17) is 9.15 Å². The first kappa shape index (κ1) is 9.58. The van der Waals surface area contributed by atoms with E-state index in [1.165, 1.54) is 12.1 Å². The topological polar surface area (TPSA) is 59.7 Å². The molecule has 2 rings (SSSR count). The number of hydrogen-bond donors (Lipinski definition) is 1. The molecule has 0 unspecified atom stereocenters. The van der Waals surface area contributed by atoms with Crippen molar-refractivity contribution >= 4 is 11.0 Å². The van der Waals surface area contributed by atoms with Crippen molar-refractivity contribution < 1.29 is 14.3 Å². The Balaban J connectivity index is 2.65. The van der Waals surface area contributed by atoms with Crippen molar-refractivity contribution in [2.24, 2.45) is 0 Å². The van der Waals surface area contributed by atoms with Crippen LogP contribution in [0.1, 0.15) is 6.92 Å². The first-order valence-corrected chi connectivity index (χ1v) is 4.60. The average Bonchev–Trinajstić information content (AvgIpc) is 2.20. The molecule has 4 heteroatoms. The van der Waals surface area contributed by atoms with Crippen LogP contribution in [-0.2, 0) is 0 Å². The molecular weight excluding hydrogens is 196 g/mol. The molecule has 0 saturated heterocycles. The van der Waals surface area contributed by atoms with E-state index >= 15 is 0 Å². The van der Waals surface area contributed by atoms with Crippen LogP contribution >= 0.6 is 0 Å². The van der Waals surface area contributed by atoms with Crippen LogP contribution in [0.3, 0.4) is 0 Å². The highest BCUT2D eigenvalue weighted by Gasteiger charge is 2.05. The lowest BCUT2D eigenvalue weighted by Crippen LogP contribution is -2.05. The molecule has 2 aromatic rings. The second-order valence-corrected chi connectivity index (χ2v) is 3.05. The van der Waals surface area contributed by atoms with Crippen LogP contribution in [0.5, 0.6) is 11.5 Å². The predicted molar refractivity (Wildman–Crippen MR) is 55.3 cm³/mol. The minimum absolute atomic E-state index is 0.0646. The Morgan fingerprint density at radius 2 is 2.20 bits per heavy atom. The molecular formula is C11H10O4. The van der Waals surface area contributed by atoms with E-state index in [0.29, 0.717) is 12.2 Å². The summed E-state index contributed by atoms with van der Waals surface area (Å²) in [4.78, 5) is 11.4. The van der Waals surface area contributed by atoms with Crippen LogP contribution in [0.2, 0.25) is 0 Å². The maximum atomic E-state index is 11.4. The smallest absolute Gasteiger partial charge is 0.379 e. The fraction of sp³-hybridized carbons (Fsp3) is 0.182. The van der Waals surface area contributed by atoms with E-state index in [9.17, 15) is 9.90 Å². The molecule has 0 fully saturated rings. The summed E-state index contributed by atoms with van der Waals surface area (Å²) in [5, 5.41) is 9.92. The van der Waals surface area contributed by atoms with Gasteiger partial charge in [-0.1, -0.05) is 0 Å². The van der Waals surface area contributed by atoms with Crippen LogP contribution < -0.4 is 10.4 Å². The van der Waals surface area contributed by atoms with Gasteiger partial charge in [0.25, 0.3) is 0 Å². The summed E-state index contributed by atoms with van der Waals surface area (Å²) < 4.78 is 10.1. The van der Waals surface area contributed by atoms with Gasteiger partial charge in [-0.15, -0.1) is 0 Å². The first-order chi connectivity index (χ1) is 7.20. The molecule has 0 bridgehead atoms. The normalized spacial score (nSPS) is 10.5. The van der Waals surface area contributed by atoms with Gasteiger partial charge < -0.3 is 14.3 Å². The fourth-order valence-electron chi connectivity index (χ4n) is 1.34. The number of phenolic OH excluding ortho intramolecular Hbond substituents is 1. The zero-order valence-electron chi connectivity index (χ0n) is 8.19.